The summed E-state index contributed by atoms with van der Waals surface area (Å²) in [5.74, 6) is -1.93. The molecule has 0 aliphatic rings. The third-order valence-corrected chi connectivity index (χ3v) is 1.40. The standard InChI is InChI=1S/C7H10ClF3N2O3/c8-1-4-16-6(15)13-3-2-12-5(14)7(9,10)11/h1-4H2,(H,12,14)(H,13,15). The number of alkyl halides is 4. The van der Waals surface area contributed by atoms with E-state index in [0.717, 1.165) is 0 Å². The van der Waals surface area contributed by atoms with Crippen molar-refractivity contribution < 1.29 is 27.5 Å². The average Bonchev–Trinajstić information content (AvgIpc) is 2.19. The number of hydrogen-bond donors (Lipinski definition) is 2. The van der Waals surface area contributed by atoms with E-state index in [4.69, 9.17) is 11.6 Å². The maximum atomic E-state index is 11.7. The van der Waals surface area contributed by atoms with E-state index in [-0.39, 0.29) is 25.6 Å². The first-order valence-electron chi connectivity index (χ1n) is 4.19. The monoisotopic (exact) mass is 262 g/mol. The van der Waals surface area contributed by atoms with Crippen LogP contribution >= 0.6 is 11.6 Å². The second kappa shape index (κ2) is 7.15. The molecule has 0 heterocycles. The smallest absolute Gasteiger partial charge is 0.448 e. The molecule has 0 aromatic rings. The van der Waals surface area contributed by atoms with Gasteiger partial charge in [-0.25, -0.2) is 4.79 Å². The van der Waals surface area contributed by atoms with Crippen LogP contribution in [0.2, 0.25) is 0 Å². The van der Waals surface area contributed by atoms with E-state index in [9.17, 15) is 22.8 Å². The van der Waals surface area contributed by atoms with Crippen molar-refractivity contribution in [2.24, 2.45) is 0 Å². The van der Waals surface area contributed by atoms with Crippen molar-refractivity contribution in [3.05, 3.63) is 0 Å². The van der Waals surface area contributed by atoms with Crippen molar-refractivity contribution in [2.75, 3.05) is 25.6 Å². The van der Waals surface area contributed by atoms with Crippen molar-refractivity contribution in [1.82, 2.24) is 10.6 Å². The van der Waals surface area contributed by atoms with Crippen molar-refractivity contribution in [2.45, 2.75) is 6.18 Å². The number of amides is 2. The molecule has 0 saturated heterocycles. The molecule has 0 rings (SSSR count). The molecule has 5 nitrogen and oxygen atoms in total. The minimum Gasteiger partial charge on any atom is -0.448 e. The van der Waals surface area contributed by atoms with Gasteiger partial charge in [0, 0.05) is 13.1 Å². The van der Waals surface area contributed by atoms with Crippen LogP contribution in [0.25, 0.3) is 0 Å². The fraction of sp³-hybridized carbons (Fsp3) is 0.714. The molecule has 94 valence electrons. The summed E-state index contributed by atoms with van der Waals surface area (Å²) in [7, 11) is 0. The third-order valence-electron chi connectivity index (χ3n) is 1.25. The van der Waals surface area contributed by atoms with Crippen LogP contribution in [0.4, 0.5) is 18.0 Å². The molecule has 9 heteroatoms. The Morgan fingerprint density at radius 2 is 1.75 bits per heavy atom. The molecule has 0 bridgehead atoms. The number of hydrogen-bond acceptors (Lipinski definition) is 3. The van der Waals surface area contributed by atoms with Gasteiger partial charge in [0.2, 0.25) is 0 Å². The lowest BCUT2D eigenvalue weighted by atomic mass is 10.5. The summed E-state index contributed by atoms with van der Waals surface area (Å²) >= 11 is 5.21. The van der Waals surface area contributed by atoms with Crippen molar-refractivity contribution in [3.8, 4) is 0 Å². The largest absolute Gasteiger partial charge is 0.471 e. The van der Waals surface area contributed by atoms with Crippen LogP contribution in [-0.4, -0.2) is 43.8 Å². The molecular formula is C7H10ClF3N2O3. The maximum absolute atomic E-state index is 11.7. The highest BCUT2D eigenvalue weighted by Crippen LogP contribution is 2.13. The van der Waals surface area contributed by atoms with Crippen LogP contribution in [0.15, 0.2) is 0 Å². The van der Waals surface area contributed by atoms with E-state index in [1.807, 2.05) is 0 Å². The van der Waals surface area contributed by atoms with Gasteiger partial charge in [-0.15, -0.1) is 11.6 Å². The highest BCUT2D eigenvalue weighted by atomic mass is 35.5. The lowest BCUT2D eigenvalue weighted by molar-refractivity contribution is -0.173. The molecule has 0 atom stereocenters. The molecule has 0 aromatic heterocycles. The van der Waals surface area contributed by atoms with Crippen LogP contribution in [0.3, 0.4) is 0 Å². The normalized spacial score (nSPS) is 10.8. The fourth-order valence-electron chi connectivity index (χ4n) is 0.623. The number of halogens is 4. The van der Waals surface area contributed by atoms with Gasteiger partial charge in [0.05, 0.1) is 5.88 Å². The third kappa shape index (κ3) is 7.16. The topological polar surface area (TPSA) is 67.4 Å². The summed E-state index contributed by atoms with van der Waals surface area (Å²) < 4.78 is 39.4. The molecule has 0 aromatic carbocycles. The lowest BCUT2D eigenvalue weighted by Crippen LogP contribution is -2.41. The lowest BCUT2D eigenvalue weighted by Gasteiger charge is -2.08. The van der Waals surface area contributed by atoms with Gasteiger partial charge in [0.15, 0.2) is 0 Å². The van der Waals surface area contributed by atoms with E-state index in [1.165, 1.54) is 0 Å². The van der Waals surface area contributed by atoms with E-state index < -0.39 is 18.2 Å². The molecule has 0 fully saturated rings. The number of ether oxygens (including phenoxy) is 1. The van der Waals surface area contributed by atoms with Crippen LogP contribution < -0.4 is 10.6 Å². The van der Waals surface area contributed by atoms with Crippen LogP contribution in [0, 0.1) is 0 Å². The summed E-state index contributed by atoms with van der Waals surface area (Å²) in [6.45, 7) is -0.500. The molecule has 0 aliphatic heterocycles. The molecule has 0 radical (unpaired) electrons. The van der Waals surface area contributed by atoms with Crippen LogP contribution in [0.5, 0.6) is 0 Å². The first-order valence-corrected chi connectivity index (χ1v) is 4.73. The van der Waals surface area contributed by atoms with E-state index in [1.54, 1.807) is 5.32 Å². The van der Waals surface area contributed by atoms with E-state index in [0.29, 0.717) is 0 Å². The minimum atomic E-state index is -4.92. The van der Waals surface area contributed by atoms with Gasteiger partial charge in [-0.05, 0) is 0 Å². The van der Waals surface area contributed by atoms with Gasteiger partial charge in [0.1, 0.15) is 6.61 Å². The second-order valence-corrected chi connectivity index (χ2v) is 2.88. The first-order chi connectivity index (χ1) is 7.38. The second-order valence-electron chi connectivity index (χ2n) is 2.51. The van der Waals surface area contributed by atoms with Gasteiger partial charge in [0.25, 0.3) is 0 Å². The number of carbonyl (C=O) groups is 2. The van der Waals surface area contributed by atoms with Crippen LogP contribution in [-0.2, 0) is 9.53 Å². The van der Waals surface area contributed by atoms with E-state index >= 15 is 0 Å². The van der Waals surface area contributed by atoms with Gasteiger partial charge in [-0.1, -0.05) is 0 Å². The Kier molecular flexibility index (Phi) is 6.63. The molecular weight excluding hydrogens is 253 g/mol. The van der Waals surface area contributed by atoms with Gasteiger partial charge >= 0.3 is 18.2 Å². The van der Waals surface area contributed by atoms with Gasteiger partial charge in [-0.3, -0.25) is 4.79 Å². The predicted octanol–water partition coefficient (Wildman–Crippen LogP) is 0.630. The van der Waals surface area contributed by atoms with Crippen molar-refractivity contribution in [1.29, 1.82) is 0 Å². The molecule has 0 spiro atoms. The Morgan fingerprint density at radius 1 is 1.19 bits per heavy atom. The highest BCUT2D eigenvalue weighted by Gasteiger charge is 2.38. The van der Waals surface area contributed by atoms with Crippen molar-refractivity contribution in [3.63, 3.8) is 0 Å². The molecule has 0 saturated carbocycles. The average molecular weight is 263 g/mol. The van der Waals surface area contributed by atoms with Crippen molar-refractivity contribution >= 4 is 23.6 Å². The fourth-order valence-corrected chi connectivity index (χ4v) is 0.700. The number of alkyl carbamates (subject to hydrolysis) is 1. The molecule has 2 amide bonds. The van der Waals surface area contributed by atoms with Gasteiger partial charge in [-0.2, -0.15) is 13.2 Å². The van der Waals surface area contributed by atoms with Crippen LogP contribution in [0.1, 0.15) is 0 Å². The highest BCUT2D eigenvalue weighted by molar-refractivity contribution is 6.18. The van der Waals surface area contributed by atoms with E-state index in [2.05, 4.69) is 10.1 Å². The first kappa shape index (κ1) is 14.8. The summed E-state index contributed by atoms with van der Waals surface area (Å²) in [6, 6.07) is 0. The Balaban J connectivity index is 3.54. The Hall–Kier alpha value is -1.18. The summed E-state index contributed by atoms with van der Waals surface area (Å²) in [5.41, 5.74) is 0. The number of carbonyl (C=O) groups excluding carboxylic acids is 2. The predicted molar refractivity (Wildman–Crippen MR) is 49.1 cm³/mol. The molecule has 0 unspecified atom stereocenters. The van der Waals surface area contributed by atoms with Gasteiger partial charge < -0.3 is 15.4 Å². The quantitative estimate of drug-likeness (QED) is 0.564. The Labute approximate surface area is 94.3 Å². The number of nitrogens with one attached hydrogen (secondary N) is 2. The molecule has 16 heavy (non-hydrogen) atoms. The Bertz CT molecular complexity index is 248. The zero-order chi connectivity index (χ0) is 12.6. The minimum absolute atomic E-state index is 0.00228. The number of rotatable bonds is 5. The maximum Gasteiger partial charge on any atom is 0.471 e. The summed E-state index contributed by atoms with van der Waals surface area (Å²) in [4.78, 5) is 21.0. The molecule has 0 aliphatic carbocycles. The molecule has 2 N–H and O–H groups in total. The zero-order valence-corrected chi connectivity index (χ0v) is 8.82. The Morgan fingerprint density at radius 3 is 2.25 bits per heavy atom. The zero-order valence-electron chi connectivity index (χ0n) is 8.07. The SMILES string of the molecule is O=C(NCCNC(=O)C(F)(F)F)OCCCl. The summed E-state index contributed by atoms with van der Waals surface area (Å²) in [5, 5.41) is 3.70. The summed E-state index contributed by atoms with van der Waals surface area (Å²) in [6.07, 6.45) is -5.72.